The molecule has 3 rings (SSSR count). The van der Waals surface area contributed by atoms with Crippen molar-refractivity contribution in [3.8, 4) is 0 Å². The Kier molecular flexibility index (Phi) is 3.77. The van der Waals surface area contributed by atoms with Crippen molar-refractivity contribution in [3.63, 3.8) is 0 Å². The van der Waals surface area contributed by atoms with Crippen LogP contribution >= 0.6 is 0 Å². The molecule has 3 heterocycles. The number of carbonyl (C=O) groups excluding carboxylic acids is 1. The van der Waals surface area contributed by atoms with E-state index in [1.54, 1.807) is 24.5 Å². The molecule has 108 valence electrons. The number of hydrogen-bond acceptors (Lipinski definition) is 5. The third-order valence-electron chi connectivity index (χ3n) is 3.49. The molecule has 2 aromatic heterocycles. The molecule has 1 atom stereocenters. The number of aryl methyl sites for hydroxylation is 1. The van der Waals surface area contributed by atoms with Gasteiger partial charge in [0.25, 0.3) is 5.91 Å². The fourth-order valence-electron chi connectivity index (χ4n) is 2.41. The van der Waals surface area contributed by atoms with Crippen molar-refractivity contribution in [3.05, 3.63) is 48.0 Å². The van der Waals surface area contributed by atoms with Crippen LogP contribution < -0.4 is 5.32 Å². The Bertz CT molecular complexity index is 631. The van der Waals surface area contributed by atoms with Gasteiger partial charge in [-0.1, -0.05) is 6.07 Å². The summed E-state index contributed by atoms with van der Waals surface area (Å²) in [5.41, 5.74) is 1.41. The van der Waals surface area contributed by atoms with E-state index >= 15 is 0 Å². The molecule has 1 aliphatic heterocycles. The molecule has 1 fully saturated rings. The van der Waals surface area contributed by atoms with Gasteiger partial charge in [0, 0.05) is 37.2 Å². The van der Waals surface area contributed by atoms with Gasteiger partial charge in [0.05, 0.1) is 0 Å². The molecule has 2 aromatic rings. The Morgan fingerprint density at radius 1 is 1.29 bits per heavy atom. The van der Waals surface area contributed by atoms with Crippen molar-refractivity contribution in [2.24, 2.45) is 0 Å². The quantitative estimate of drug-likeness (QED) is 0.924. The number of carbonyl (C=O) groups is 1. The first-order valence-corrected chi connectivity index (χ1v) is 6.99. The molecule has 0 aromatic carbocycles. The average Bonchev–Trinajstić information content (AvgIpc) is 2.96. The van der Waals surface area contributed by atoms with Gasteiger partial charge < -0.3 is 10.2 Å². The van der Waals surface area contributed by atoms with E-state index < -0.39 is 0 Å². The molecule has 1 amide bonds. The number of pyridine rings is 1. The number of amides is 1. The first-order chi connectivity index (χ1) is 10.2. The van der Waals surface area contributed by atoms with E-state index in [1.165, 1.54) is 0 Å². The number of aromatic nitrogens is 3. The highest BCUT2D eigenvalue weighted by Crippen LogP contribution is 2.15. The number of rotatable bonds is 3. The Morgan fingerprint density at radius 2 is 2.19 bits per heavy atom. The minimum atomic E-state index is -0.0231. The predicted molar refractivity (Wildman–Crippen MR) is 78.9 cm³/mol. The first-order valence-electron chi connectivity index (χ1n) is 6.99. The maximum absolute atomic E-state index is 12.3. The lowest BCUT2D eigenvalue weighted by Gasteiger charge is -2.16. The molecule has 21 heavy (non-hydrogen) atoms. The van der Waals surface area contributed by atoms with Gasteiger partial charge in [-0.05, 0) is 31.5 Å². The molecule has 0 saturated carbocycles. The molecule has 1 aliphatic rings. The van der Waals surface area contributed by atoms with E-state index in [1.807, 2.05) is 24.0 Å². The van der Waals surface area contributed by atoms with E-state index in [0.29, 0.717) is 18.2 Å². The summed E-state index contributed by atoms with van der Waals surface area (Å²) in [4.78, 5) is 26.7. The number of nitrogens with zero attached hydrogens (tertiary/aromatic N) is 4. The third-order valence-corrected chi connectivity index (χ3v) is 3.49. The van der Waals surface area contributed by atoms with Crippen molar-refractivity contribution < 1.29 is 4.79 Å². The maximum atomic E-state index is 12.3. The highest BCUT2D eigenvalue weighted by atomic mass is 16.2. The molecular formula is C15H17N5O. The van der Waals surface area contributed by atoms with Gasteiger partial charge in [-0.3, -0.25) is 9.78 Å². The summed E-state index contributed by atoms with van der Waals surface area (Å²) < 4.78 is 0. The molecule has 0 bridgehead atoms. The topological polar surface area (TPSA) is 71.0 Å². The summed E-state index contributed by atoms with van der Waals surface area (Å²) in [5, 5.41) is 3.28. The third kappa shape index (κ3) is 3.16. The van der Waals surface area contributed by atoms with Crippen LogP contribution in [0.1, 0.15) is 22.6 Å². The van der Waals surface area contributed by atoms with Crippen LogP contribution in [0.25, 0.3) is 0 Å². The van der Waals surface area contributed by atoms with Crippen molar-refractivity contribution >= 4 is 11.9 Å². The number of anilines is 1. The molecule has 0 aliphatic carbocycles. The Balaban J connectivity index is 1.62. The minimum Gasteiger partial charge on any atom is -0.350 e. The summed E-state index contributed by atoms with van der Waals surface area (Å²) in [7, 11) is 0. The van der Waals surface area contributed by atoms with Crippen molar-refractivity contribution in [2.75, 3.05) is 18.4 Å². The summed E-state index contributed by atoms with van der Waals surface area (Å²) in [6.07, 6.45) is 4.26. The van der Waals surface area contributed by atoms with Gasteiger partial charge in [-0.2, -0.15) is 0 Å². The first kappa shape index (κ1) is 13.5. The van der Waals surface area contributed by atoms with Crippen LogP contribution in [-0.4, -0.2) is 44.9 Å². The highest BCUT2D eigenvalue weighted by molar-refractivity contribution is 5.92. The molecular weight excluding hydrogens is 266 g/mol. The summed E-state index contributed by atoms with van der Waals surface area (Å²) >= 11 is 0. The van der Waals surface area contributed by atoms with Gasteiger partial charge in [0.15, 0.2) is 0 Å². The van der Waals surface area contributed by atoms with Crippen LogP contribution in [0.5, 0.6) is 0 Å². The van der Waals surface area contributed by atoms with Crippen LogP contribution in [0.3, 0.4) is 0 Å². The molecule has 0 unspecified atom stereocenters. The SMILES string of the molecule is Cc1ccnc(N[C@@H]2CCN(C(=O)c3ccccn3)C2)n1. The zero-order valence-electron chi connectivity index (χ0n) is 11.9. The fraction of sp³-hybridized carbons (Fsp3) is 0.333. The van der Waals surface area contributed by atoms with E-state index in [-0.39, 0.29) is 11.9 Å². The second kappa shape index (κ2) is 5.87. The summed E-state index contributed by atoms with van der Waals surface area (Å²) in [6, 6.07) is 7.41. The molecule has 6 heteroatoms. The zero-order chi connectivity index (χ0) is 14.7. The van der Waals surface area contributed by atoms with Crippen LogP contribution in [0.15, 0.2) is 36.7 Å². The van der Waals surface area contributed by atoms with Crippen LogP contribution in [0.4, 0.5) is 5.95 Å². The average molecular weight is 283 g/mol. The number of hydrogen-bond donors (Lipinski definition) is 1. The van der Waals surface area contributed by atoms with Crippen molar-refractivity contribution in [2.45, 2.75) is 19.4 Å². The van der Waals surface area contributed by atoms with Gasteiger partial charge >= 0.3 is 0 Å². The summed E-state index contributed by atoms with van der Waals surface area (Å²) in [6.45, 7) is 3.30. The second-order valence-corrected chi connectivity index (χ2v) is 5.12. The fourth-order valence-corrected chi connectivity index (χ4v) is 2.41. The molecule has 1 saturated heterocycles. The smallest absolute Gasteiger partial charge is 0.272 e. The predicted octanol–water partition coefficient (Wildman–Crippen LogP) is 1.51. The van der Waals surface area contributed by atoms with E-state index in [0.717, 1.165) is 18.7 Å². The highest BCUT2D eigenvalue weighted by Gasteiger charge is 2.27. The Labute approximate surface area is 123 Å². The summed E-state index contributed by atoms with van der Waals surface area (Å²) in [5.74, 6) is 0.595. The standard InChI is InChI=1S/C15H17N5O/c1-11-5-8-17-15(18-11)19-12-6-9-20(10-12)14(21)13-4-2-3-7-16-13/h2-5,7-8,12H,6,9-10H2,1H3,(H,17,18,19)/t12-/m1/s1. The maximum Gasteiger partial charge on any atom is 0.272 e. The normalized spacial score (nSPS) is 17.8. The Morgan fingerprint density at radius 3 is 2.95 bits per heavy atom. The monoisotopic (exact) mass is 283 g/mol. The van der Waals surface area contributed by atoms with E-state index in [9.17, 15) is 4.79 Å². The van der Waals surface area contributed by atoms with Crippen LogP contribution in [0, 0.1) is 6.92 Å². The van der Waals surface area contributed by atoms with Gasteiger partial charge in [0.2, 0.25) is 5.95 Å². The molecule has 0 spiro atoms. The number of nitrogens with one attached hydrogen (secondary N) is 1. The van der Waals surface area contributed by atoms with Crippen LogP contribution in [0.2, 0.25) is 0 Å². The van der Waals surface area contributed by atoms with Crippen LogP contribution in [-0.2, 0) is 0 Å². The lowest BCUT2D eigenvalue weighted by atomic mass is 10.3. The minimum absolute atomic E-state index is 0.0231. The van der Waals surface area contributed by atoms with E-state index in [4.69, 9.17) is 0 Å². The van der Waals surface area contributed by atoms with Gasteiger partial charge in [-0.25, -0.2) is 9.97 Å². The van der Waals surface area contributed by atoms with Gasteiger partial charge in [0.1, 0.15) is 5.69 Å². The molecule has 6 nitrogen and oxygen atoms in total. The van der Waals surface area contributed by atoms with Crippen molar-refractivity contribution in [1.29, 1.82) is 0 Å². The lowest BCUT2D eigenvalue weighted by molar-refractivity contribution is 0.0786. The largest absolute Gasteiger partial charge is 0.350 e. The zero-order valence-corrected chi connectivity index (χ0v) is 11.9. The van der Waals surface area contributed by atoms with E-state index in [2.05, 4.69) is 20.3 Å². The Hall–Kier alpha value is -2.50. The molecule has 1 N–H and O–H groups in total. The molecule has 0 radical (unpaired) electrons. The van der Waals surface area contributed by atoms with Gasteiger partial charge in [-0.15, -0.1) is 0 Å². The lowest BCUT2D eigenvalue weighted by Crippen LogP contribution is -2.32. The van der Waals surface area contributed by atoms with Crippen molar-refractivity contribution in [1.82, 2.24) is 19.9 Å². The second-order valence-electron chi connectivity index (χ2n) is 5.12. The number of likely N-dealkylation sites (tertiary alicyclic amines) is 1.